The van der Waals surface area contributed by atoms with Crippen LogP contribution < -0.4 is 26.7 Å². The van der Waals surface area contributed by atoms with Gasteiger partial charge in [-0.15, -0.1) is 0 Å². The molecule has 0 spiro atoms. The molecule has 4 rings (SSSR count). The number of rotatable bonds is 8. The molecule has 3 aliphatic heterocycles. The summed E-state index contributed by atoms with van der Waals surface area (Å²) >= 11 is 0. The molecule has 0 aromatic heterocycles. The quantitative estimate of drug-likeness (QED) is 0.359. The van der Waals surface area contributed by atoms with Crippen LogP contribution >= 0.6 is 0 Å². The fraction of sp³-hybridized carbons (Fsp3) is 0.840. The summed E-state index contributed by atoms with van der Waals surface area (Å²) in [4.78, 5) is 34.0. The molecular weight excluding hydrogens is 432 g/mol. The smallest absolute Gasteiger partial charge is 0.243 e. The first-order chi connectivity index (χ1) is 16.3. The van der Waals surface area contributed by atoms with E-state index < -0.39 is 6.04 Å². The van der Waals surface area contributed by atoms with Gasteiger partial charge in [-0.1, -0.05) is 19.4 Å². The maximum Gasteiger partial charge on any atom is 0.243 e. The standard InChI is InChI=1S/C25H44N6O3/c1-15-9-7-8-12-31(15)23(32)14-22(26-17(3)21-13-16(2)34-30-21)25(33)27-18(4)24-28-19-10-5-6-11-20(19)29-24/h15-16,18-22,24,26,28-30H,3,5-14H2,1-2,4H3,(H,27,33)/t15-,16?,18?,19?,20?,21?,22-,24?/m0/s1. The number of amides is 2. The van der Waals surface area contributed by atoms with Crippen molar-refractivity contribution in [3.63, 3.8) is 0 Å². The number of nitrogens with zero attached hydrogens (tertiary/aromatic N) is 1. The zero-order valence-corrected chi connectivity index (χ0v) is 21.1. The van der Waals surface area contributed by atoms with Gasteiger partial charge in [-0.2, -0.15) is 5.48 Å². The molecule has 1 saturated carbocycles. The van der Waals surface area contributed by atoms with E-state index in [4.69, 9.17) is 4.84 Å². The number of carbonyl (C=O) groups is 2. The Kier molecular flexibility index (Phi) is 8.50. The van der Waals surface area contributed by atoms with E-state index >= 15 is 0 Å². The monoisotopic (exact) mass is 476 g/mol. The molecule has 3 heterocycles. The minimum Gasteiger partial charge on any atom is -0.376 e. The maximum atomic E-state index is 13.4. The van der Waals surface area contributed by atoms with Crippen LogP contribution in [0.5, 0.6) is 0 Å². The van der Waals surface area contributed by atoms with Gasteiger partial charge in [-0.3, -0.25) is 25.1 Å². The minimum absolute atomic E-state index is 0.0208. The topological polar surface area (TPSA) is 107 Å². The van der Waals surface area contributed by atoms with Crippen molar-refractivity contribution in [2.45, 2.75) is 127 Å². The molecule has 0 aromatic rings. The van der Waals surface area contributed by atoms with Crippen molar-refractivity contribution >= 4 is 11.8 Å². The number of likely N-dealkylation sites (tertiary alicyclic amines) is 1. The molecule has 4 aliphatic rings. The normalized spacial score (nSPS) is 35.3. The van der Waals surface area contributed by atoms with Crippen molar-refractivity contribution in [3.8, 4) is 0 Å². The molecule has 5 unspecified atom stereocenters. The van der Waals surface area contributed by atoms with E-state index in [1.54, 1.807) is 0 Å². The summed E-state index contributed by atoms with van der Waals surface area (Å²) in [5.41, 5.74) is 3.66. The van der Waals surface area contributed by atoms with Crippen LogP contribution in [0.2, 0.25) is 0 Å². The predicted molar refractivity (Wildman–Crippen MR) is 132 cm³/mol. The molecular formula is C25H44N6O3. The van der Waals surface area contributed by atoms with E-state index in [0.717, 1.165) is 32.2 Å². The summed E-state index contributed by atoms with van der Waals surface area (Å²) < 4.78 is 0. The Hall–Kier alpha value is -1.68. The third-order valence-electron chi connectivity index (χ3n) is 8.00. The fourth-order valence-electron chi connectivity index (χ4n) is 5.87. The molecule has 9 nitrogen and oxygen atoms in total. The van der Waals surface area contributed by atoms with Gasteiger partial charge in [0.1, 0.15) is 6.04 Å². The third kappa shape index (κ3) is 6.11. The van der Waals surface area contributed by atoms with Gasteiger partial charge in [0.2, 0.25) is 11.8 Å². The summed E-state index contributed by atoms with van der Waals surface area (Å²) in [6.07, 6.45) is 9.04. The zero-order chi connectivity index (χ0) is 24.2. The summed E-state index contributed by atoms with van der Waals surface area (Å²) in [6, 6.07) is 0.292. The third-order valence-corrected chi connectivity index (χ3v) is 8.00. The Balaban J connectivity index is 1.39. The number of hydroxylamine groups is 1. The Bertz CT molecular complexity index is 734. The molecule has 5 N–H and O–H groups in total. The second kappa shape index (κ2) is 11.4. The number of carbonyl (C=O) groups excluding carboxylic acids is 2. The van der Waals surface area contributed by atoms with Gasteiger partial charge < -0.3 is 15.5 Å². The lowest BCUT2D eigenvalue weighted by molar-refractivity contribution is -0.137. The number of piperidine rings is 1. The summed E-state index contributed by atoms with van der Waals surface area (Å²) in [7, 11) is 0. The first kappa shape index (κ1) is 25.4. The van der Waals surface area contributed by atoms with Crippen LogP contribution in [0.25, 0.3) is 0 Å². The lowest BCUT2D eigenvalue weighted by Crippen LogP contribution is -2.57. The average molecular weight is 477 g/mol. The van der Waals surface area contributed by atoms with Gasteiger partial charge >= 0.3 is 0 Å². The minimum atomic E-state index is -0.682. The molecule has 2 amide bonds. The van der Waals surface area contributed by atoms with Crippen molar-refractivity contribution in [3.05, 3.63) is 12.3 Å². The van der Waals surface area contributed by atoms with E-state index in [-0.39, 0.29) is 48.6 Å². The van der Waals surface area contributed by atoms with E-state index in [0.29, 0.717) is 17.8 Å². The largest absolute Gasteiger partial charge is 0.376 e. The highest BCUT2D eigenvalue weighted by Crippen LogP contribution is 2.24. The second-order valence-corrected chi connectivity index (χ2v) is 10.8. The molecule has 0 bridgehead atoms. The molecule has 7 atom stereocenters. The van der Waals surface area contributed by atoms with Gasteiger partial charge in [-0.05, 0) is 59.3 Å². The number of fused-ring (bicyclic) bond motifs is 1. The molecule has 1 aliphatic carbocycles. The maximum absolute atomic E-state index is 13.4. The predicted octanol–water partition coefficient (Wildman–Crippen LogP) is 1.27. The first-order valence-corrected chi connectivity index (χ1v) is 13.3. The SMILES string of the molecule is C=C(N[C@@H](CC(=O)N1CCCC[C@@H]1C)C(=O)NC(C)C1NC2CCCCC2N1)C1CC(C)ON1. The Morgan fingerprint density at radius 2 is 1.74 bits per heavy atom. The lowest BCUT2D eigenvalue weighted by Gasteiger charge is -2.35. The van der Waals surface area contributed by atoms with Gasteiger partial charge in [-0.25, -0.2) is 0 Å². The van der Waals surface area contributed by atoms with Crippen molar-refractivity contribution in [1.82, 2.24) is 31.6 Å². The second-order valence-electron chi connectivity index (χ2n) is 10.8. The van der Waals surface area contributed by atoms with E-state index in [1.807, 2.05) is 18.7 Å². The molecule has 9 heteroatoms. The van der Waals surface area contributed by atoms with Gasteiger partial charge in [0.25, 0.3) is 0 Å². The Morgan fingerprint density at radius 3 is 2.35 bits per heavy atom. The van der Waals surface area contributed by atoms with Crippen molar-refractivity contribution < 1.29 is 14.4 Å². The van der Waals surface area contributed by atoms with Crippen LogP contribution in [0, 0.1) is 0 Å². The molecule has 34 heavy (non-hydrogen) atoms. The zero-order valence-electron chi connectivity index (χ0n) is 21.1. The summed E-state index contributed by atoms with van der Waals surface area (Å²) in [5.74, 6) is -0.149. The Morgan fingerprint density at radius 1 is 1.06 bits per heavy atom. The highest BCUT2D eigenvalue weighted by atomic mass is 16.7. The van der Waals surface area contributed by atoms with E-state index in [1.165, 1.54) is 25.7 Å². The van der Waals surface area contributed by atoms with E-state index in [2.05, 4.69) is 40.2 Å². The Labute approximate surface area is 204 Å². The molecule has 0 radical (unpaired) electrons. The highest BCUT2D eigenvalue weighted by Gasteiger charge is 2.38. The molecule has 4 fully saturated rings. The molecule has 192 valence electrons. The van der Waals surface area contributed by atoms with Crippen LogP contribution in [-0.4, -0.2) is 71.8 Å². The number of nitrogens with one attached hydrogen (secondary N) is 5. The van der Waals surface area contributed by atoms with Gasteiger partial charge in [0.05, 0.1) is 30.8 Å². The van der Waals surface area contributed by atoms with Crippen molar-refractivity contribution in [1.29, 1.82) is 0 Å². The van der Waals surface area contributed by atoms with Crippen LogP contribution in [0.4, 0.5) is 0 Å². The van der Waals surface area contributed by atoms with Crippen LogP contribution in [0.1, 0.15) is 78.6 Å². The fourth-order valence-corrected chi connectivity index (χ4v) is 5.87. The van der Waals surface area contributed by atoms with Crippen molar-refractivity contribution in [2.75, 3.05) is 6.54 Å². The first-order valence-electron chi connectivity index (χ1n) is 13.3. The molecule has 0 aromatic carbocycles. The van der Waals surface area contributed by atoms with Crippen molar-refractivity contribution in [2.24, 2.45) is 0 Å². The molecule has 3 saturated heterocycles. The van der Waals surface area contributed by atoms with Crippen LogP contribution in [0.15, 0.2) is 12.3 Å². The van der Waals surface area contributed by atoms with Crippen LogP contribution in [-0.2, 0) is 14.4 Å². The summed E-state index contributed by atoms with van der Waals surface area (Å²) in [5, 5.41) is 13.8. The van der Waals surface area contributed by atoms with Crippen LogP contribution in [0.3, 0.4) is 0 Å². The van der Waals surface area contributed by atoms with Gasteiger partial charge in [0, 0.05) is 30.4 Å². The average Bonchev–Trinajstić information content (AvgIpc) is 3.45. The highest BCUT2D eigenvalue weighted by molar-refractivity contribution is 5.89. The summed E-state index contributed by atoms with van der Waals surface area (Å²) in [6.45, 7) is 11.0. The number of hydrogen-bond acceptors (Lipinski definition) is 7. The van der Waals surface area contributed by atoms with Gasteiger partial charge in [0.15, 0.2) is 0 Å². The lowest BCUT2D eigenvalue weighted by atomic mass is 9.92. The number of hydrogen-bond donors (Lipinski definition) is 5. The van der Waals surface area contributed by atoms with E-state index in [9.17, 15) is 9.59 Å².